The number of phenolic OH excluding ortho intramolecular Hbond substituents is 1. The number of esters is 1. The van der Waals surface area contributed by atoms with Gasteiger partial charge in [-0.3, -0.25) is 9.59 Å². The molecule has 16 heavy (non-hydrogen) atoms. The minimum absolute atomic E-state index is 0.0464. The quantitative estimate of drug-likeness (QED) is 0.608. The highest BCUT2D eigenvalue weighted by atomic mass is 16.5. The first-order valence-corrected chi connectivity index (χ1v) is 5.10. The van der Waals surface area contributed by atoms with Crippen molar-refractivity contribution in [3.63, 3.8) is 0 Å². The fourth-order valence-corrected chi connectivity index (χ4v) is 1.33. The number of benzene rings is 1. The molecule has 0 aliphatic carbocycles. The molecule has 4 nitrogen and oxygen atoms in total. The van der Waals surface area contributed by atoms with Crippen LogP contribution in [0.15, 0.2) is 18.2 Å². The molecule has 4 heteroatoms. The summed E-state index contributed by atoms with van der Waals surface area (Å²) in [7, 11) is 0. The molecule has 0 spiro atoms. The van der Waals surface area contributed by atoms with Crippen molar-refractivity contribution >= 4 is 12.3 Å². The number of carbonyl (C=O) groups excluding carboxylic acids is 2. The van der Waals surface area contributed by atoms with Gasteiger partial charge in [0.1, 0.15) is 5.75 Å². The Balaban J connectivity index is 2.61. The van der Waals surface area contributed by atoms with Gasteiger partial charge in [0.2, 0.25) is 0 Å². The van der Waals surface area contributed by atoms with Crippen molar-refractivity contribution in [2.24, 2.45) is 0 Å². The average Bonchev–Trinajstić information content (AvgIpc) is 2.28. The van der Waals surface area contributed by atoms with E-state index in [1.54, 1.807) is 19.1 Å². The molecular formula is C12H14O4. The van der Waals surface area contributed by atoms with E-state index in [2.05, 4.69) is 0 Å². The van der Waals surface area contributed by atoms with Crippen LogP contribution in [0.5, 0.6) is 5.75 Å². The van der Waals surface area contributed by atoms with Gasteiger partial charge in [0.25, 0.3) is 0 Å². The van der Waals surface area contributed by atoms with Gasteiger partial charge in [0.15, 0.2) is 6.29 Å². The van der Waals surface area contributed by atoms with Crippen LogP contribution in [0, 0.1) is 0 Å². The predicted octanol–water partition coefficient (Wildman–Crippen LogP) is 1.70. The highest BCUT2D eigenvalue weighted by Crippen LogP contribution is 2.17. The molecule has 0 bridgehead atoms. The van der Waals surface area contributed by atoms with Crippen LogP contribution in [-0.2, 0) is 16.0 Å². The molecule has 0 atom stereocenters. The number of hydrogen-bond donors (Lipinski definition) is 1. The van der Waals surface area contributed by atoms with Crippen molar-refractivity contribution in [3.8, 4) is 5.75 Å². The van der Waals surface area contributed by atoms with Crippen molar-refractivity contribution in [1.82, 2.24) is 0 Å². The third kappa shape index (κ3) is 3.38. The normalized spacial score (nSPS) is 9.81. The maximum absolute atomic E-state index is 11.1. The second kappa shape index (κ2) is 5.90. The summed E-state index contributed by atoms with van der Waals surface area (Å²) < 4.78 is 4.79. The summed E-state index contributed by atoms with van der Waals surface area (Å²) in [4.78, 5) is 21.7. The number of carbonyl (C=O) groups is 2. The Morgan fingerprint density at radius 2 is 2.25 bits per heavy atom. The van der Waals surface area contributed by atoms with Crippen LogP contribution in [0.2, 0.25) is 0 Å². The summed E-state index contributed by atoms with van der Waals surface area (Å²) in [5, 5.41) is 9.27. The zero-order valence-electron chi connectivity index (χ0n) is 9.10. The molecular weight excluding hydrogens is 208 g/mol. The second-order valence-corrected chi connectivity index (χ2v) is 3.32. The van der Waals surface area contributed by atoms with E-state index in [0.29, 0.717) is 19.3 Å². The lowest BCUT2D eigenvalue weighted by Gasteiger charge is -2.04. The molecule has 1 N–H and O–H groups in total. The molecule has 86 valence electrons. The maximum Gasteiger partial charge on any atom is 0.306 e. The van der Waals surface area contributed by atoms with Crippen LogP contribution in [-0.4, -0.2) is 24.0 Å². The Kier molecular flexibility index (Phi) is 4.51. The SMILES string of the molecule is CCOC(=O)CCc1ccc(O)c(C=O)c1. The van der Waals surface area contributed by atoms with Crippen molar-refractivity contribution in [2.45, 2.75) is 19.8 Å². The molecule has 0 radical (unpaired) electrons. The number of aryl methyl sites for hydroxylation is 1. The minimum atomic E-state index is -0.261. The standard InChI is InChI=1S/C12H14O4/c1-2-16-12(15)6-4-9-3-5-11(14)10(7-9)8-13/h3,5,7-8,14H,2,4,6H2,1H3. The summed E-state index contributed by atoms with van der Waals surface area (Å²) >= 11 is 0. The predicted molar refractivity (Wildman–Crippen MR) is 58.4 cm³/mol. The topological polar surface area (TPSA) is 63.6 Å². The van der Waals surface area contributed by atoms with Crippen LogP contribution < -0.4 is 0 Å². The second-order valence-electron chi connectivity index (χ2n) is 3.32. The fraction of sp³-hybridized carbons (Fsp3) is 0.333. The monoisotopic (exact) mass is 222 g/mol. The van der Waals surface area contributed by atoms with E-state index in [-0.39, 0.29) is 23.7 Å². The summed E-state index contributed by atoms with van der Waals surface area (Å²) in [6.45, 7) is 2.12. The number of ether oxygens (including phenoxy) is 1. The molecule has 0 heterocycles. The number of rotatable bonds is 5. The van der Waals surface area contributed by atoms with Gasteiger partial charge >= 0.3 is 5.97 Å². The number of hydrogen-bond acceptors (Lipinski definition) is 4. The highest BCUT2D eigenvalue weighted by Gasteiger charge is 2.05. The zero-order chi connectivity index (χ0) is 12.0. The Morgan fingerprint density at radius 3 is 2.88 bits per heavy atom. The van der Waals surface area contributed by atoms with Gasteiger partial charge in [-0.1, -0.05) is 6.07 Å². The lowest BCUT2D eigenvalue weighted by atomic mass is 10.1. The molecule has 0 aliphatic rings. The van der Waals surface area contributed by atoms with E-state index in [4.69, 9.17) is 4.74 Å². The molecule has 0 fully saturated rings. The maximum atomic E-state index is 11.1. The molecule has 0 unspecified atom stereocenters. The van der Waals surface area contributed by atoms with Crippen molar-refractivity contribution < 1.29 is 19.4 Å². The largest absolute Gasteiger partial charge is 0.507 e. The average molecular weight is 222 g/mol. The number of aromatic hydroxyl groups is 1. The first kappa shape index (κ1) is 12.2. The van der Waals surface area contributed by atoms with E-state index >= 15 is 0 Å². The van der Waals surface area contributed by atoms with Gasteiger partial charge in [-0.25, -0.2) is 0 Å². The third-order valence-corrected chi connectivity index (χ3v) is 2.14. The third-order valence-electron chi connectivity index (χ3n) is 2.14. The van der Waals surface area contributed by atoms with Gasteiger partial charge < -0.3 is 9.84 Å². The van der Waals surface area contributed by atoms with E-state index in [1.165, 1.54) is 6.07 Å². The van der Waals surface area contributed by atoms with Crippen molar-refractivity contribution in [3.05, 3.63) is 29.3 Å². The van der Waals surface area contributed by atoms with Crippen LogP contribution in [0.4, 0.5) is 0 Å². The molecule has 1 aromatic rings. The summed E-state index contributed by atoms with van der Waals surface area (Å²) in [6.07, 6.45) is 1.36. The summed E-state index contributed by atoms with van der Waals surface area (Å²) in [5.41, 5.74) is 1.06. The van der Waals surface area contributed by atoms with Crippen molar-refractivity contribution in [2.75, 3.05) is 6.61 Å². The Bertz CT molecular complexity index is 385. The smallest absolute Gasteiger partial charge is 0.306 e. The Morgan fingerprint density at radius 1 is 1.50 bits per heavy atom. The van der Waals surface area contributed by atoms with Gasteiger partial charge in [-0.15, -0.1) is 0 Å². The first-order valence-electron chi connectivity index (χ1n) is 5.10. The molecule has 1 rings (SSSR count). The van der Waals surface area contributed by atoms with Crippen molar-refractivity contribution in [1.29, 1.82) is 0 Å². The number of aldehydes is 1. The minimum Gasteiger partial charge on any atom is -0.507 e. The Labute approximate surface area is 93.9 Å². The van der Waals surface area contributed by atoms with E-state index in [9.17, 15) is 14.7 Å². The first-order chi connectivity index (χ1) is 7.67. The molecule has 0 aromatic heterocycles. The van der Waals surface area contributed by atoms with Gasteiger partial charge in [0, 0.05) is 6.42 Å². The van der Waals surface area contributed by atoms with Gasteiger partial charge in [0.05, 0.1) is 12.2 Å². The number of phenols is 1. The summed E-state index contributed by atoms with van der Waals surface area (Å²) in [5.74, 6) is -0.307. The van der Waals surface area contributed by atoms with Crippen LogP contribution in [0.1, 0.15) is 29.3 Å². The molecule has 0 amide bonds. The molecule has 1 aromatic carbocycles. The van der Waals surface area contributed by atoms with Crippen LogP contribution >= 0.6 is 0 Å². The summed E-state index contributed by atoms with van der Waals surface area (Å²) in [6, 6.07) is 4.70. The Hall–Kier alpha value is -1.84. The van der Waals surface area contributed by atoms with Gasteiger partial charge in [-0.05, 0) is 31.0 Å². The molecule has 0 saturated carbocycles. The van der Waals surface area contributed by atoms with E-state index in [0.717, 1.165) is 5.56 Å². The lowest BCUT2D eigenvalue weighted by Crippen LogP contribution is -2.05. The highest BCUT2D eigenvalue weighted by molar-refractivity contribution is 5.79. The van der Waals surface area contributed by atoms with Crippen LogP contribution in [0.3, 0.4) is 0 Å². The zero-order valence-corrected chi connectivity index (χ0v) is 9.10. The molecule has 0 saturated heterocycles. The van der Waals surface area contributed by atoms with Crippen LogP contribution in [0.25, 0.3) is 0 Å². The van der Waals surface area contributed by atoms with E-state index in [1.807, 2.05) is 0 Å². The van der Waals surface area contributed by atoms with Gasteiger partial charge in [-0.2, -0.15) is 0 Å². The fourth-order valence-electron chi connectivity index (χ4n) is 1.33. The molecule has 0 aliphatic heterocycles. The van der Waals surface area contributed by atoms with E-state index < -0.39 is 0 Å². The lowest BCUT2D eigenvalue weighted by molar-refractivity contribution is -0.143.